The second-order valence-corrected chi connectivity index (χ2v) is 4.98. The Labute approximate surface area is 144 Å². The van der Waals surface area contributed by atoms with E-state index in [0.717, 1.165) is 44.9 Å². The fourth-order valence-corrected chi connectivity index (χ4v) is 1.93. The van der Waals surface area contributed by atoms with Crippen LogP contribution in [0.3, 0.4) is 0 Å². The number of carboxylic acids is 1. The number of esters is 1. The zero-order chi connectivity index (χ0) is 14.5. The van der Waals surface area contributed by atoms with Gasteiger partial charge in [0.1, 0.15) is 6.10 Å². The van der Waals surface area contributed by atoms with E-state index >= 15 is 0 Å². The van der Waals surface area contributed by atoms with Crippen LogP contribution < -0.4 is 34.7 Å². The average Bonchev–Trinajstić information content (AvgIpc) is 2.36. The van der Waals surface area contributed by atoms with Crippen molar-refractivity contribution >= 4 is 11.9 Å². The molecule has 0 radical (unpaired) electrons. The minimum Gasteiger partial charge on any atom is -0.550 e. The molecule has 4 nitrogen and oxygen atoms in total. The second-order valence-electron chi connectivity index (χ2n) is 4.98. The molecular weight excluding hydrogens is 267 g/mol. The summed E-state index contributed by atoms with van der Waals surface area (Å²) in [5, 5.41) is 10.5. The summed E-state index contributed by atoms with van der Waals surface area (Å²) in [6, 6.07) is 0. The molecular formula is C15H27NaO4. The van der Waals surface area contributed by atoms with Crippen LogP contribution in [0.25, 0.3) is 0 Å². The molecule has 0 heterocycles. The normalized spacial score (nSPS) is 11.5. The molecule has 0 aliphatic heterocycles. The van der Waals surface area contributed by atoms with Crippen molar-refractivity contribution < 1.29 is 49.0 Å². The fraction of sp³-hybridized carbons (Fsp3) is 0.867. The Bertz CT molecular complexity index is 256. The Balaban J connectivity index is 0. The molecule has 0 N–H and O–H groups in total. The Morgan fingerprint density at radius 2 is 1.55 bits per heavy atom. The number of unbranched alkanes of at least 4 members (excludes halogenated alkanes) is 4. The Morgan fingerprint density at radius 3 is 2.10 bits per heavy atom. The fourth-order valence-electron chi connectivity index (χ4n) is 1.93. The van der Waals surface area contributed by atoms with Gasteiger partial charge < -0.3 is 14.6 Å². The molecule has 0 spiro atoms. The van der Waals surface area contributed by atoms with Crippen molar-refractivity contribution in [2.45, 2.75) is 84.2 Å². The SMILES string of the molecule is CCCCCC(=O)OC(CCCCC)CCC(=O)[O-].[Na+]. The topological polar surface area (TPSA) is 66.4 Å². The molecule has 0 aromatic carbocycles. The first-order chi connectivity index (χ1) is 9.10. The van der Waals surface area contributed by atoms with E-state index in [2.05, 4.69) is 13.8 Å². The minimum atomic E-state index is -1.08. The van der Waals surface area contributed by atoms with Gasteiger partial charge >= 0.3 is 35.5 Å². The largest absolute Gasteiger partial charge is 1.00 e. The summed E-state index contributed by atoms with van der Waals surface area (Å²) in [6.45, 7) is 4.19. The van der Waals surface area contributed by atoms with Crippen LogP contribution in [0.15, 0.2) is 0 Å². The van der Waals surface area contributed by atoms with E-state index in [-0.39, 0.29) is 48.1 Å². The molecule has 0 saturated heterocycles. The Morgan fingerprint density at radius 1 is 0.950 bits per heavy atom. The van der Waals surface area contributed by atoms with Crippen molar-refractivity contribution in [3.8, 4) is 0 Å². The zero-order valence-electron chi connectivity index (χ0n) is 13.3. The molecule has 5 heteroatoms. The Hall–Kier alpha value is -0.0600. The smallest absolute Gasteiger partial charge is 0.550 e. The van der Waals surface area contributed by atoms with E-state index in [9.17, 15) is 14.7 Å². The summed E-state index contributed by atoms with van der Waals surface area (Å²) in [6.07, 6.45) is 7.32. The first-order valence-electron chi connectivity index (χ1n) is 7.49. The van der Waals surface area contributed by atoms with Gasteiger partial charge in [-0.25, -0.2) is 0 Å². The number of carboxylic acid groups (broad SMARTS) is 1. The molecule has 20 heavy (non-hydrogen) atoms. The number of rotatable bonds is 12. The molecule has 0 aromatic rings. The van der Waals surface area contributed by atoms with Crippen molar-refractivity contribution in [2.75, 3.05) is 0 Å². The molecule has 112 valence electrons. The van der Waals surface area contributed by atoms with Crippen molar-refractivity contribution in [1.82, 2.24) is 0 Å². The molecule has 0 fully saturated rings. The van der Waals surface area contributed by atoms with Crippen LogP contribution in [-0.2, 0) is 14.3 Å². The van der Waals surface area contributed by atoms with Crippen LogP contribution in [0.5, 0.6) is 0 Å². The van der Waals surface area contributed by atoms with Crippen LogP contribution >= 0.6 is 0 Å². The zero-order valence-corrected chi connectivity index (χ0v) is 15.3. The van der Waals surface area contributed by atoms with Gasteiger partial charge in [0.25, 0.3) is 0 Å². The molecule has 0 amide bonds. The maximum Gasteiger partial charge on any atom is 1.00 e. The van der Waals surface area contributed by atoms with E-state index in [1.165, 1.54) is 0 Å². The number of carbonyl (C=O) groups is 2. The van der Waals surface area contributed by atoms with E-state index in [0.29, 0.717) is 12.8 Å². The maximum absolute atomic E-state index is 11.6. The van der Waals surface area contributed by atoms with Gasteiger partial charge in [-0.15, -0.1) is 0 Å². The molecule has 1 unspecified atom stereocenters. The molecule has 0 aliphatic carbocycles. The van der Waals surface area contributed by atoms with Gasteiger partial charge in [0.2, 0.25) is 0 Å². The third kappa shape index (κ3) is 14.4. The number of hydrogen-bond acceptors (Lipinski definition) is 4. The molecule has 0 bridgehead atoms. The number of ether oxygens (including phenoxy) is 1. The predicted octanol–water partition coefficient (Wildman–Crippen LogP) is -0.407. The van der Waals surface area contributed by atoms with Gasteiger partial charge in [-0.05, 0) is 32.1 Å². The molecule has 0 saturated carbocycles. The van der Waals surface area contributed by atoms with Gasteiger partial charge in [0.05, 0.1) is 0 Å². The molecule has 0 aliphatic rings. The summed E-state index contributed by atoms with van der Waals surface area (Å²) in [7, 11) is 0. The van der Waals surface area contributed by atoms with Crippen LogP contribution in [0.4, 0.5) is 0 Å². The maximum atomic E-state index is 11.6. The predicted molar refractivity (Wildman–Crippen MR) is 72.4 cm³/mol. The first-order valence-corrected chi connectivity index (χ1v) is 7.49. The quantitative estimate of drug-likeness (QED) is 0.279. The van der Waals surface area contributed by atoms with E-state index in [1.54, 1.807) is 0 Å². The van der Waals surface area contributed by atoms with Crippen molar-refractivity contribution in [2.24, 2.45) is 0 Å². The van der Waals surface area contributed by atoms with E-state index < -0.39 is 5.97 Å². The monoisotopic (exact) mass is 294 g/mol. The molecule has 0 rings (SSSR count). The minimum absolute atomic E-state index is 0. The number of hydrogen-bond donors (Lipinski definition) is 0. The second kappa shape index (κ2) is 15.3. The summed E-state index contributed by atoms with van der Waals surface area (Å²) in [4.78, 5) is 22.1. The molecule has 1 atom stereocenters. The number of aliphatic carboxylic acids is 1. The molecule has 0 aromatic heterocycles. The van der Waals surface area contributed by atoms with Crippen LogP contribution in [-0.4, -0.2) is 18.0 Å². The van der Waals surface area contributed by atoms with Gasteiger partial charge in [-0.2, -0.15) is 0 Å². The third-order valence-corrected chi connectivity index (χ3v) is 3.08. The van der Waals surface area contributed by atoms with Gasteiger partial charge in [0, 0.05) is 12.4 Å². The van der Waals surface area contributed by atoms with Gasteiger partial charge in [-0.1, -0.05) is 39.5 Å². The van der Waals surface area contributed by atoms with Crippen molar-refractivity contribution in [1.29, 1.82) is 0 Å². The summed E-state index contributed by atoms with van der Waals surface area (Å²) in [5.74, 6) is -1.28. The standard InChI is InChI=1S/C15H28O4.Na/c1-3-5-7-9-13(11-12-14(16)17)19-15(18)10-8-6-4-2;/h13H,3-12H2,1-2H3,(H,16,17);/q;+1/p-1. The van der Waals surface area contributed by atoms with Crippen molar-refractivity contribution in [3.05, 3.63) is 0 Å². The van der Waals surface area contributed by atoms with Crippen molar-refractivity contribution in [3.63, 3.8) is 0 Å². The summed E-state index contributed by atoms with van der Waals surface area (Å²) >= 11 is 0. The summed E-state index contributed by atoms with van der Waals surface area (Å²) < 4.78 is 5.36. The summed E-state index contributed by atoms with van der Waals surface area (Å²) in [5.41, 5.74) is 0. The number of carbonyl (C=O) groups excluding carboxylic acids is 2. The van der Waals surface area contributed by atoms with E-state index in [1.807, 2.05) is 0 Å². The van der Waals surface area contributed by atoms with Crippen LogP contribution in [0.2, 0.25) is 0 Å². The van der Waals surface area contributed by atoms with Gasteiger partial charge in [-0.3, -0.25) is 4.79 Å². The van der Waals surface area contributed by atoms with Crippen LogP contribution in [0, 0.1) is 0 Å². The average molecular weight is 294 g/mol. The Kier molecular flexibility index (Phi) is 17.0. The van der Waals surface area contributed by atoms with Gasteiger partial charge in [0.15, 0.2) is 0 Å². The van der Waals surface area contributed by atoms with E-state index in [4.69, 9.17) is 4.74 Å². The first kappa shape index (κ1) is 22.2. The third-order valence-electron chi connectivity index (χ3n) is 3.08. The van der Waals surface area contributed by atoms with Crippen LogP contribution in [0.1, 0.15) is 78.1 Å².